The Kier molecular flexibility index (Phi) is 5.10. The second-order valence-corrected chi connectivity index (χ2v) is 8.02. The number of ketones is 1. The Morgan fingerprint density at radius 1 is 1.42 bits per heavy atom. The SMILES string of the molecule is C/C=C(\C)C(=O)O[C@@H]1CC(C)=CC(=O)[C@]2(C)CC[C@](O)(C(C)C)[C@H]12. The number of esters is 1. The third kappa shape index (κ3) is 2.97. The van der Waals surface area contributed by atoms with E-state index in [2.05, 4.69) is 0 Å². The maximum Gasteiger partial charge on any atom is 0.333 e. The predicted molar refractivity (Wildman–Crippen MR) is 93.3 cm³/mol. The molecule has 0 amide bonds. The van der Waals surface area contributed by atoms with Crippen LogP contribution in [0.2, 0.25) is 0 Å². The molecule has 2 aliphatic carbocycles. The van der Waals surface area contributed by atoms with E-state index < -0.39 is 17.1 Å². The van der Waals surface area contributed by atoms with Gasteiger partial charge in [0, 0.05) is 23.3 Å². The molecule has 0 bridgehead atoms. The maximum atomic E-state index is 12.8. The molecule has 4 nitrogen and oxygen atoms in total. The molecule has 0 unspecified atom stereocenters. The van der Waals surface area contributed by atoms with Crippen LogP contribution in [0.15, 0.2) is 23.3 Å². The fraction of sp³-hybridized carbons (Fsp3) is 0.700. The molecule has 2 rings (SSSR count). The van der Waals surface area contributed by atoms with Gasteiger partial charge in [0.1, 0.15) is 6.10 Å². The molecule has 0 aromatic rings. The molecule has 0 spiro atoms. The van der Waals surface area contributed by atoms with Crippen LogP contribution in [-0.4, -0.2) is 28.6 Å². The molecule has 1 fully saturated rings. The quantitative estimate of drug-likeness (QED) is 0.633. The average Bonchev–Trinajstić information content (AvgIpc) is 2.74. The van der Waals surface area contributed by atoms with Crippen LogP contribution in [0.3, 0.4) is 0 Å². The van der Waals surface area contributed by atoms with Crippen LogP contribution in [0.1, 0.15) is 60.8 Å². The van der Waals surface area contributed by atoms with Gasteiger partial charge in [-0.25, -0.2) is 4.79 Å². The lowest BCUT2D eigenvalue weighted by Gasteiger charge is -2.42. The summed E-state index contributed by atoms with van der Waals surface area (Å²) in [7, 11) is 0. The average molecular weight is 334 g/mol. The van der Waals surface area contributed by atoms with Gasteiger partial charge in [0.15, 0.2) is 5.78 Å². The van der Waals surface area contributed by atoms with Crippen LogP contribution in [-0.2, 0) is 14.3 Å². The van der Waals surface area contributed by atoms with Gasteiger partial charge in [0.2, 0.25) is 0 Å². The summed E-state index contributed by atoms with van der Waals surface area (Å²) in [5, 5.41) is 11.4. The minimum Gasteiger partial charge on any atom is -0.458 e. The maximum absolute atomic E-state index is 12.8. The second-order valence-electron chi connectivity index (χ2n) is 8.02. The van der Waals surface area contributed by atoms with E-state index in [1.54, 1.807) is 26.0 Å². The van der Waals surface area contributed by atoms with Gasteiger partial charge in [0.25, 0.3) is 0 Å². The third-order valence-electron chi connectivity index (χ3n) is 6.12. The van der Waals surface area contributed by atoms with E-state index in [4.69, 9.17) is 4.74 Å². The molecular weight excluding hydrogens is 304 g/mol. The van der Waals surface area contributed by atoms with Crippen LogP contribution in [0.5, 0.6) is 0 Å². The first-order valence-corrected chi connectivity index (χ1v) is 8.84. The van der Waals surface area contributed by atoms with Crippen LogP contribution < -0.4 is 0 Å². The lowest BCUT2D eigenvalue weighted by Crippen LogP contribution is -2.52. The van der Waals surface area contributed by atoms with Crippen molar-refractivity contribution in [1.29, 1.82) is 0 Å². The highest BCUT2D eigenvalue weighted by atomic mass is 16.5. The lowest BCUT2D eigenvalue weighted by molar-refractivity contribution is -0.164. The zero-order valence-electron chi connectivity index (χ0n) is 15.7. The van der Waals surface area contributed by atoms with E-state index in [1.807, 2.05) is 27.7 Å². The number of aliphatic hydroxyl groups is 1. The third-order valence-corrected chi connectivity index (χ3v) is 6.12. The summed E-state index contributed by atoms with van der Waals surface area (Å²) in [6, 6.07) is 0. The number of hydrogen-bond donors (Lipinski definition) is 1. The molecule has 0 aromatic heterocycles. The Balaban J connectivity index is 2.48. The topological polar surface area (TPSA) is 63.6 Å². The summed E-state index contributed by atoms with van der Waals surface area (Å²) in [4.78, 5) is 25.2. The number of ether oxygens (including phenoxy) is 1. The van der Waals surface area contributed by atoms with E-state index in [1.165, 1.54) is 0 Å². The summed E-state index contributed by atoms with van der Waals surface area (Å²) in [5.74, 6) is -0.729. The Hall–Kier alpha value is -1.42. The Morgan fingerprint density at radius 2 is 2.04 bits per heavy atom. The highest BCUT2D eigenvalue weighted by Crippen LogP contribution is 2.56. The first kappa shape index (κ1) is 18.9. The van der Waals surface area contributed by atoms with Crippen molar-refractivity contribution in [3.8, 4) is 0 Å². The van der Waals surface area contributed by atoms with Crippen molar-refractivity contribution in [2.75, 3.05) is 0 Å². The standard InChI is InChI=1S/C20H30O4/c1-7-14(5)18(22)24-15-10-13(4)11-16(21)19(6)8-9-20(23,12(2)3)17(15)19/h7,11-12,15,17,23H,8-10H2,1-6H3/b14-7+/t15-,17-,19+,20+/m1/s1. The van der Waals surface area contributed by atoms with Gasteiger partial charge in [-0.2, -0.15) is 0 Å². The highest BCUT2D eigenvalue weighted by Gasteiger charge is 2.62. The van der Waals surface area contributed by atoms with Crippen molar-refractivity contribution >= 4 is 11.8 Å². The van der Waals surface area contributed by atoms with Crippen molar-refractivity contribution in [2.45, 2.75) is 72.5 Å². The molecule has 2 aliphatic rings. The van der Waals surface area contributed by atoms with Crippen molar-refractivity contribution in [3.63, 3.8) is 0 Å². The van der Waals surface area contributed by atoms with E-state index in [0.717, 1.165) is 5.57 Å². The molecule has 1 N–H and O–H groups in total. The molecule has 0 aliphatic heterocycles. The van der Waals surface area contributed by atoms with Gasteiger partial charge in [0.05, 0.1) is 5.60 Å². The molecule has 1 saturated carbocycles. The molecule has 0 heterocycles. The minimum atomic E-state index is -1.00. The van der Waals surface area contributed by atoms with Crippen LogP contribution >= 0.6 is 0 Å². The Morgan fingerprint density at radius 3 is 2.58 bits per heavy atom. The van der Waals surface area contributed by atoms with Crippen LogP contribution in [0, 0.1) is 17.3 Å². The lowest BCUT2D eigenvalue weighted by atomic mass is 9.67. The molecular formula is C20H30O4. The second kappa shape index (κ2) is 6.47. The number of hydrogen-bond acceptors (Lipinski definition) is 4. The van der Waals surface area contributed by atoms with Gasteiger partial charge >= 0.3 is 5.97 Å². The zero-order chi connectivity index (χ0) is 18.3. The van der Waals surface area contributed by atoms with Crippen molar-refractivity contribution < 1.29 is 19.4 Å². The minimum absolute atomic E-state index is 0.0143. The molecule has 0 saturated heterocycles. The monoisotopic (exact) mass is 334 g/mol. The van der Waals surface area contributed by atoms with E-state index in [-0.39, 0.29) is 23.6 Å². The Bertz CT molecular complexity index is 601. The molecule has 134 valence electrons. The summed E-state index contributed by atoms with van der Waals surface area (Å²) >= 11 is 0. The number of rotatable bonds is 3. The van der Waals surface area contributed by atoms with Gasteiger partial charge in [-0.15, -0.1) is 0 Å². The van der Waals surface area contributed by atoms with Gasteiger partial charge in [-0.3, -0.25) is 4.79 Å². The summed E-state index contributed by atoms with van der Waals surface area (Å²) in [6.07, 6.45) is 4.57. The number of allylic oxidation sites excluding steroid dienone is 2. The number of carbonyl (C=O) groups excluding carboxylic acids is 2. The van der Waals surface area contributed by atoms with Crippen molar-refractivity contribution in [1.82, 2.24) is 0 Å². The van der Waals surface area contributed by atoms with Crippen LogP contribution in [0.4, 0.5) is 0 Å². The first-order chi connectivity index (χ1) is 11.1. The fourth-order valence-electron chi connectivity index (χ4n) is 4.32. The fourth-order valence-corrected chi connectivity index (χ4v) is 4.32. The molecule has 4 atom stereocenters. The van der Waals surface area contributed by atoms with Crippen LogP contribution in [0.25, 0.3) is 0 Å². The van der Waals surface area contributed by atoms with E-state index >= 15 is 0 Å². The molecule has 0 aromatic carbocycles. The normalized spacial score (nSPS) is 37.1. The van der Waals surface area contributed by atoms with Crippen molar-refractivity contribution in [3.05, 3.63) is 23.3 Å². The molecule has 0 radical (unpaired) electrons. The first-order valence-electron chi connectivity index (χ1n) is 8.84. The highest BCUT2D eigenvalue weighted by molar-refractivity contribution is 5.96. The van der Waals surface area contributed by atoms with E-state index in [0.29, 0.717) is 24.8 Å². The van der Waals surface area contributed by atoms with Gasteiger partial charge in [-0.1, -0.05) is 32.4 Å². The van der Waals surface area contributed by atoms with Gasteiger partial charge in [-0.05, 0) is 45.6 Å². The summed E-state index contributed by atoms with van der Waals surface area (Å²) < 4.78 is 5.81. The number of carbonyl (C=O) groups is 2. The predicted octanol–water partition coefficient (Wildman–Crippen LogP) is 3.59. The summed E-state index contributed by atoms with van der Waals surface area (Å²) in [6.45, 7) is 11.3. The Labute approximate surface area is 145 Å². The number of fused-ring (bicyclic) bond motifs is 1. The molecule has 4 heteroatoms. The summed E-state index contributed by atoms with van der Waals surface area (Å²) in [5.41, 5.74) is -0.249. The molecule has 24 heavy (non-hydrogen) atoms. The largest absolute Gasteiger partial charge is 0.458 e. The van der Waals surface area contributed by atoms with Crippen molar-refractivity contribution in [2.24, 2.45) is 17.3 Å². The smallest absolute Gasteiger partial charge is 0.333 e. The van der Waals surface area contributed by atoms with E-state index in [9.17, 15) is 14.7 Å². The van der Waals surface area contributed by atoms with Gasteiger partial charge < -0.3 is 9.84 Å². The zero-order valence-corrected chi connectivity index (χ0v) is 15.7.